The number of hydrogen-bond donors (Lipinski definition) is 1. The second kappa shape index (κ2) is 5.55. The van der Waals surface area contributed by atoms with Crippen molar-refractivity contribution in [3.63, 3.8) is 0 Å². The molecule has 1 aromatic rings. The van der Waals surface area contributed by atoms with E-state index in [9.17, 15) is 4.79 Å². The number of aromatic nitrogens is 2. The fourth-order valence-electron chi connectivity index (χ4n) is 1.90. The molecule has 0 aromatic carbocycles. The molecular weight excluding hydrogens is 286 g/mol. The van der Waals surface area contributed by atoms with E-state index in [0.29, 0.717) is 29.3 Å². The molecule has 1 N–H and O–H groups in total. The highest BCUT2D eigenvalue weighted by Gasteiger charge is 2.23. The zero-order valence-electron chi connectivity index (χ0n) is 9.34. The molecule has 1 saturated heterocycles. The van der Waals surface area contributed by atoms with E-state index in [2.05, 4.69) is 25.9 Å². The lowest BCUT2D eigenvalue weighted by Crippen LogP contribution is -2.39. The highest BCUT2D eigenvalue weighted by molar-refractivity contribution is 9.10. The molecule has 0 atom stereocenters. The Hall–Kier alpha value is -1.01. The van der Waals surface area contributed by atoms with E-state index >= 15 is 0 Å². The average molecular weight is 300 g/mol. The maximum Gasteiger partial charge on any atom is 0.274 e. The number of likely N-dealkylation sites (tertiary alicyclic amines) is 1. The van der Waals surface area contributed by atoms with Crippen LogP contribution in [0.1, 0.15) is 23.3 Å². The minimum atomic E-state index is -0.0820. The van der Waals surface area contributed by atoms with Crippen LogP contribution in [0.3, 0.4) is 0 Å². The molecule has 92 valence electrons. The van der Waals surface area contributed by atoms with Gasteiger partial charge in [-0.1, -0.05) is 0 Å². The molecule has 0 bridgehead atoms. The van der Waals surface area contributed by atoms with Crippen LogP contribution in [0.5, 0.6) is 0 Å². The summed E-state index contributed by atoms with van der Waals surface area (Å²) in [4.78, 5) is 21.9. The molecule has 0 spiro atoms. The molecular formula is C11H14BrN3O2. The molecule has 2 heterocycles. The summed E-state index contributed by atoms with van der Waals surface area (Å²) >= 11 is 3.18. The van der Waals surface area contributed by atoms with Gasteiger partial charge in [-0.25, -0.2) is 9.97 Å². The van der Waals surface area contributed by atoms with Gasteiger partial charge < -0.3 is 10.0 Å². The Morgan fingerprint density at radius 3 is 2.65 bits per heavy atom. The molecule has 1 aliphatic heterocycles. The normalized spacial score (nSPS) is 17.2. The summed E-state index contributed by atoms with van der Waals surface area (Å²) in [6.45, 7) is 1.57. The number of piperidine rings is 1. The van der Waals surface area contributed by atoms with E-state index in [4.69, 9.17) is 5.11 Å². The van der Waals surface area contributed by atoms with Crippen LogP contribution in [0.2, 0.25) is 0 Å². The van der Waals surface area contributed by atoms with E-state index in [1.54, 1.807) is 4.90 Å². The van der Waals surface area contributed by atoms with Crippen LogP contribution in [-0.4, -0.2) is 45.6 Å². The van der Waals surface area contributed by atoms with Gasteiger partial charge >= 0.3 is 0 Å². The van der Waals surface area contributed by atoms with Gasteiger partial charge in [-0.15, -0.1) is 0 Å². The van der Waals surface area contributed by atoms with Crippen molar-refractivity contribution in [2.45, 2.75) is 12.8 Å². The first-order valence-corrected chi connectivity index (χ1v) is 6.37. The van der Waals surface area contributed by atoms with Crippen molar-refractivity contribution in [3.8, 4) is 0 Å². The number of carbonyl (C=O) groups excluding carboxylic acids is 1. The second-order valence-electron chi connectivity index (χ2n) is 4.14. The van der Waals surface area contributed by atoms with Gasteiger partial charge in [-0.3, -0.25) is 4.79 Å². The van der Waals surface area contributed by atoms with Gasteiger partial charge in [0, 0.05) is 19.7 Å². The third-order valence-corrected chi connectivity index (χ3v) is 3.41. The predicted molar refractivity (Wildman–Crippen MR) is 65.4 cm³/mol. The van der Waals surface area contributed by atoms with Gasteiger partial charge in [-0.2, -0.15) is 0 Å². The van der Waals surface area contributed by atoms with Crippen molar-refractivity contribution < 1.29 is 9.90 Å². The number of nitrogens with zero attached hydrogens (tertiary/aromatic N) is 3. The minimum absolute atomic E-state index is 0.0820. The molecule has 0 saturated carbocycles. The van der Waals surface area contributed by atoms with Gasteiger partial charge in [0.25, 0.3) is 5.91 Å². The number of rotatable bonds is 2. The largest absolute Gasteiger partial charge is 0.396 e. The highest BCUT2D eigenvalue weighted by Crippen LogP contribution is 2.17. The zero-order chi connectivity index (χ0) is 12.3. The van der Waals surface area contributed by atoms with Crippen LogP contribution in [-0.2, 0) is 0 Å². The maximum absolute atomic E-state index is 12.1. The lowest BCUT2D eigenvalue weighted by atomic mass is 9.98. The fraction of sp³-hybridized carbons (Fsp3) is 0.545. The van der Waals surface area contributed by atoms with Crippen molar-refractivity contribution in [2.75, 3.05) is 19.7 Å². The van der Waals surface area contributed by atoms with Crippen molar-refractivity contribution >= 4 is 21.8 Å². The van der Waals surface area contributed by atoms with Crippen LogP contribution >= 0.6 is 15.9 Å². The molecule has 0 radical (unpaired) electrons. The van der Waals surface area contributed by atoms with Gasteiger partial charge in [0.1, 0.15) is 10.3 Å². The van der Waals surface area contributed by atoms with Crippen LogP contribution in [0.4, 0.5) is 0 Å². The van der Waals surface area contributed by atoms with E-state index in [0.717, 1.165) is 12.8 Å². The predicted octanol–water partition coefficient (Wildman–Crippen LogP) is 1.08. The van der Waals surface area contributed by atoms with Crippen molar-refractivity contribution in [2.24, 2.45) is 5.92 Å². The molecule has 1 aliphatic rings. The van der Waals surface area contributed by atoms with E-state index in [1.807, 2.05) is 0 Å². The summed E-state index contributed by atoms with van der Waals surface area (Å²) in [7, 11) is 0. The van der Waals surface area contributed by atoms with Crippen LogP contribution in [0.15, 0.2) is 17.0 Å². The number of halogens is 1. The third kappa shape index (κ3) is 3.01. The Morgan fingerprint density at radius 2 is 2.12 bits per heavy atom. The molecule has 2 rings (SSSR count). The smallest absolute Gasteiger partial charge is 0.274 e. The minimum Gasteiger partial charge on any atom is -0.396 e. The van der Waals surface area contributed by atoms with Crippen molar-refractivity contribution in [1.82, 2.24) is 14.9 Å². The monoisotopic (exact) mass is 299 g/mol. The number of amides is 1. The van der Waals surface area contributed by atoms with E-state index < -0.39 is 0 Å². The first kappa shape index (κ1) is 12.4. The summed E-state index contributed by atoms with van der Waals surface area (Å²) in [5.41, 5.74) is 0.371. The number of aliphatic hydroxyl groups excluding tert-OH is 1. The van der Waals surface area contributed by atoms with Crippen LogP contribution < -0.4 is 0 Å². The molecule has 1 aromatic heterocycles. The van der Waals surface area contributed by atoms with E-state index in [-0.39, 0.29) is 12.5 Å². The van der Waals surface area contributed by atoms with Gasteiger partial charge in [-0.05, 0) is 34.7 Å². The quantitative estimate of drug-likeness (QED) is 0.887. The first-order valence-electron chi connectivity index (χ1n) is 5.58. The van der Waals surface area contributed by atoms with Gasteiger partial charge in [0.2, 0.25) is 0 Å². The lowest BCUT2D eigenvalue weighted by Gasteiger charge is -2.30. The third-order valence-electron chi connectivity index (χ3n) is 3.00. The SMILES string of the molecule is O=C(c1cnc(Br)cn1)N1CCC(CO)CC1. The molecule has 17 heavy (non-hydrogen) atoms. The topological polar surface area (TPSA) is 66.3 Å². The molecule has 0 aliphatic carbocycles. The summed E-state index contributed by atoms with van der Waals surface area (Å²) in [5.74, 6) is 0.247. The Labute approximate surface area is 108 Å². The summed E-state index contributed by atoms with van der Waals surface area (Å²) < 4.78 is 0.619. The number of aliphatic hydroxyl groups is 1. The lowest BCUT2D eigenvalue weighted by molar-refractivity contribution is 0.0644. The van der Waals surface area contributed by atoms with Gasteiger partial charge in [0.15, 0.2) is 0 Å². The van der Waals surface area contributed by atoms with Crippen molar-refractivity contribution in [3.05, 3.63) is 22.7 Å². The molecule has 5 nitrogen and oxygen atoms in total. The number of carbonyl (C=O) groups is 1. The Bertz CT molecular complexity index is 388. The van der Waals surface area contributed by atoms with Crippen molar-refractivity contribution in [1.29, 1.82) is 0 Å². The summed E-state index contributed by atoms with van der Waals surface area (Å²) in [5, 5.41) is 9.03. The van der Waals surface area contributed by atoms with Crippen LogP contribution in [0, 0.1) is 5.92 Å². The molecule has 0 unspecified atom stereocenters. The number of hydrogen-bond acceptors (Lipinski definition) is 4. The molecule has 1 amide bonds. The van der Waals surface area contributed by atoms with Gasteiger partial charge in [0.05, 0.1) is 12.4 Å². The highest BCUT2D eigenvalue weighted by atomic mass is 79.9. The maximum atomic E-state index is 12.1. The summed E-state index contributed by atoms with van der Waals surface area (Å²) in [6.07, 6.45) is 4.71. The Kier molecular flexibility index (Phi) is 4.06. The molecule has 6 heteroatoms. The Morgan fingerprint density at radius 1 is 1.41 bits per heavy atom. The Balaban J connectivity index is 1.99. The molecule has 1 fully saturated rings. The van der Waals surface area contributed by atoms with Crippen LogP contribution in [0.25, 0.3) is 0 Å². The first-order chi connectivity index (χ1) is 8.20. The average Bonchev–Trinajstić information content (AvgIpc) is 2.39. The fourth-order valence-corrected chi connectivity index (χ4v) is 2.11. The second-order valence-corrected chi connectivity index (χ2v) is 4.95. The standard InChI is InChI=1S/C11H14BrN3O2/c12-10-6-13-9(5-14-10)11(17)15-3-1-8(7-16)2-4-15/h5-6,8,16H,1-4,7H2. The zero-order valence-corrected chi connectivity index (χ0v) is 10.9. The van der Waals surface area contributed by atoms with E-state index in [1.165, 1.54) is 12.4 Å². The summed E-state index contributed by atoms with van der Waals surface area (Å²) in [6, 6.07) is 0.